The van der Waals surface area contributed by atoms with Crippen LogP contribution in [0.1, 0.15) is 41.5 Å². The fourth-order valence-corrected chi connectivity index (χ4v) is 1.64. The van der Waals surface area contributed by atoms with Crippen molar-refractivity contribution in [2.45, 2.75) is 59.8 Å². The maximum absolute atomic E-state index is 5.62. The van der Waals surface area contributed by atoms with Crippen LogP contribution in [0, 0.1) is 0 Å². The molecule has 1 heterocycles. The van der Waals surface area contributed by atoms with Crippen molar-refractivity contribution in [2.75, 3.05) is 13.1 Å². The van der Waals surface area contributed by atoms with Gasteiger partial charge in [0.05, 0.1) is 12.2 Å². The minimum atomic E-state index is 0.404. The first kappa shape index (κ1) is 12.9. The lowest BCUT2D eigenvalue weighted by atomic mass is 10.2. The van der Waals surface area contributed by atoms with Crippen LogP contribution in [0.5, 0.6) is 0 Å². The summed E-state index contributed by atoms with van der Waals surface area (Å²) in [4.78, 5) is 2.47. The van der Waals surface area contributed by atoms with Gasteiger partial charge in [-0.25, -0.2) is 0 Å². The normalized spacial score (nSPS) is 29.8. The molecule has 0 amide bonds. The van der Waals surface area contributed by atoms with Crippen molar-refractivity contribution in [1.82, 2.24) is 4.90 Å². The van der Waals surface area contributed by atoms with Crippen LogP contribution in [0.15, 0.2) is 0 Å². The number of hydrogen-bond donors (Lipinski definition) is 0. The summed E-state index contributed by atoms with van der Waals surface area (Å²) in [6, 6.07) is 0.656. The van der Waals surface area contributed by atoms with Gasteiger partial charge in [-0.3, -0.25) is 4.90 Å². The molecule has 2 unspecified atom stereocenters. The molecule has 0 radical (unpaired) electrons. The van der Waals surface area contributed by atoms with Crippen molar-refractivity contribution in [3.05, 3.63) is 0 Å². The SMILES string of the molecule is CC.CC1CN(C(C)C)CC(C)O1. The van der Waals surface area contributed by atoms with Crippen molar-refractivity contribution < 1.29 is 4.74 Å². The highest BCUT2D eigenvalue weighted by atomic mass is 16.5. The molecule has 0 saturated carbocycles. The fraction of sp³-hybridized carbons (Fsp3) is 1.00. The van der Waals surface area contributed by atoms with Crippen LogP contribution in [0.2, 0.25) is 0 Å². The quantitative estimate of drug-likeness (QED) is 0.625. The van der Waals surface area contributed by atoms with Gasteiger partial charge in [-0.2, -0.15) is 0 Å². The zero-order chi connectivity index (χ0) is 10.4. The lowest BCUT2D eigenvalue weighted by Gasteiger charge is -2.37. The molecule has 2 heteroatoms. The summed E-state index contributed by atoms with van der Waals surface area (Å²) < 4.78 is 5.62. The highest BCUT2D eigenvalue weighted by molar-refractivity contribution is 4.75. The first-order valence-corrected chi connectivity index (χ1v) is 5.49. The Kier molecular flexibility index (Phi) is 6.35. The van der Waals surface area contributed by atoms with Crippen molar-refractivity contribution in [1.29, 1.82) is 0 Å². The third kappa shape index (κ3) is 4.63. The number of ether oxygens (including phenoxy) is 1. The van der Waals surface area contributed by atoms with Crippen LogP contribution >= 0.6 is 0 Å². The molecule has 0 bridgehead atoms. The zero-order valence-electron chi connectivity index (χ0n) is 10.0. The van der Waals surface area contributed by atoms with E-state index in [9.17, 15) is 0 Å². The molecule has 80 valence electrons. The second-order valence-electron chi connectivity index (χ2n) is 3.80. The van der Waals surface area contributed by atoms with Crippen LogP contribution in [0.4, 0.5) is 0 Å². The second-order valence-corrected chi connectivity index (χ2v) is 3.80. The van der Waals surface area contributed by atoms with Crippen LogP contribution in [-0.4, -0.2) is 36.2 Å². The molecule has 0 spiro atoms. The molecular weight excluding hydrogens is 162 g/mol. The van der Waals surface area contributed by atoms with Crippen molar-refractivity contribution in [2.24, 2.45) is 0 Å². The van der Waals surface area contributed by atoms with E-state index in [1.807, 2.05) is 13.8 Å². The molecule has 1 saturated heterocycles. The standard InChI is InChI=1S/C9H19NO.C2H6/c1-7(2)10-5-8(3)11-9(4)6-10;1-2/h7-9H,5-6H2,1-4H3;1-2H3. The van der Waals surface area contributed by atoms with E-state index in [4.69, 9.17) is 4.74 Å². The summed E-state index contributed by atoms with van der Waals surface area (Å²) in [7, 11) is 0. The van der Waals surface area contributed by atoms with Gasteiger partial charge < -0.3 is 4.74 Å². The lowest BCUT2D eigenvalue weighted by molar-refractivity contribution is -0.0764. The Labute approximate surface area is 83.3 Å². The highest BCUT2D eigenvalue weighted by Gasteiger charge is 2.23. The topological polar surface area (TPSA) is 12.5 Å². The van der Waals surface area contributed by atoms with Gasteiger partial charge in [-0.15, -0.1) is 0 Å². The van der Waals surface area contributed by atoms with E-state index in [0.717, 1.165) is 13.1 Å². The Morgan fingerprint density at radius 2 is 1.46 bits per heavy atom. The number of hydrogen-bond acceptors (Lipinski definition) is 2. The summed E-state index contributed by atoms with van der Waals surface area (Å²) >= 11 is 0. The van der Waals surface area contributed by atoms with E-state index in [0.29, 0.717) is 18.2 Å². The first-order chi connectivity index (χ1) is 6.09. The van der Waals surface area contributed by atoms with Crippen molar-refractivity contribution in [3.63, 3.8) is 0 Å². The molecule has 1 aliphatic heterocycles. The summed E-state index contributed by atoms with van der Waals surface area (Å²) in [5.74, 6) is 0. The minimum Gasteiger partial charge on any atom is -0.373 e. The van der Waals surface area contributed by atoms with E-state index in [2.05, 4.69) is 32.6 Å². The molecule has 0 N–H and O–H groups in total. The Balaban J connectivity index is 0.000000671. The van der Waals surface area contributed by atoms with Crippen LogP contribution in [0.3, 0.4) is 0 Å². The van der Waals surface area contributed by atoms with Gasteiger partial charge in [0.15, 0.2) is 0 Å². The predicted octanol–water partition coefficient (Wildman–Crippen LogP) is 2.53. The smallest absolute Gasteiger partial charge is 0.0678 e. The van der Waals surface area contributed by atoms with Gasteiger partial charge in [-0.1, -0.05) is 13.8 Å². The molecule has 2 atom stereocenters. The number of morpholine rings is 1. The molecule has 1 rings (SSSR count). The molecule has 0 aliphatic carbocycles. The van der Waals surface area contributed by atoms with Crippen molar-refractivity contribution >= 4 is 0 Å². The van der Waals surface area contributed by atoms with Crippen LogP contribution < -0.4 is 0 Å². The van der Waals surface area contributed by atoms with Gasteiger partial charge in [0.1, 0.15) is 0 Å². The van der Waals surface area contributed by atoms with Crippen LogP contribution in [-0.2, 0) is 4.74 Å². The van der Waals surface area contributed by atoms with E-state index >= 15 is 0 Å². The molecule has 0 aromatic heterocycles. The van der Waals surface area contributed by atoms with E-state index in [1.165, 1.54) is 0 Å². The second kappa shape index (κ2) is 6.39. The Hall–Kier alpha value is -0.0800. The third-order valence-electron chi connectivity index (χ3n) is 2.18. The summed E-state index contributed by atoms with van der Waals surface area (Å²) in [6.45, 7) is 14.9. The minimum absolute atomic E-state index is 0.404. The maximum Gasteiger partial charge on any atom is 0.0678 e. The molecule has 1 fully saturated rings. The lowest BCUT2D eigenvalue weighted by Crippen LogP contribution is -2.48. The molecule has 13 heavy (non-hydrogen) atoms. The van der Waals surface area contributed by atoms with E-state index < -0.39 is 0 Å². The third-order valence-corrected chi connectivity index (χ3v) is 2.18. The van der Waals surface area contributed by atoms with E-state index in [1.54, 1.807) is 0 Å². The van der Waals surface area contributed by atoms with Crippen LogP contribution in [0.25, 0.3) is 0 Å². The van der Waals surface area contributed by atoms with Gasteiger partial charge in [-0.05, 0) is 27.7 Å². The molecular formula is C11H25NO. The van der Waals surface area contributed by atoms with Gasteiger partial charge in [0, 0.05) is 19.1 Å². The Bertz CT molecular complexity index is 115. The summed E-state index contributed by atoms with van der Waals surface area (Å²) in [6.07, 6.45) is 0.808. The van der Waals surface area contributed by atoms with Gasteiger partial charge in [0.2, 0.25) is 0 Å². The monoisotopic (exact) mass is 187 g/mol. The summed E-state index contributed by atoms with van der Waals surface area (Å²) in [5, 5.41) is 0. The Morgan fingerprint density at radius 1 is 1.08 bits per heavy atom. The highest BCUT2D eigenvalue weighted by Crippen LogP contribution is 2.12. The van der Waals surface area contributed by atoms with Crippen molar-refractivity contribution in [3.8, 4) is 0 Å². The average Bonchev–Trinajstić information content (AvgIpc) is 2.06. The first-order valence-electron chi connectivity index (χ1n) is 5.49. The van der Waals surface area contributed by atoms with Gasteiger partial charge in [0.25, 0.3) is 0 Å². The Morgan fingerprint density at radius 3 is 1.77 bits per heavy atom. The molecule has 0 aromatic rings. The largest absolute Gasteiger partial charge is 0.373 e. The molecule has 0 aromatic carbocycles. The zero-order valence-corrected chi connectivity index (χ0v) is 10.0. The maximum atomic E-state index is 5.62. The predicted molar refractivity (Wildman–Crippen MR) is 58.1 cm³/mol. The number of rotatable bonds is 1. The molecule has 2 nitrogen and oxygen atoms in total. The average molecular weight is 187 g/mol. The fourth-order valence-electron chi connectivity index (χ4n) is 1.64. The summed E-state index contributed by atoms with van der Waals surface area (Å²) in [5.41, 5.74) is 0. The van der Waals surface area contributed by atoms with E-state index in [-0.39, 0.29) is 0 Å². The van der Waals surface area contributed by atoms with Gasteiger partial charge >= 0.3 is 0 Å². The number of nitrogens with zero attached hydrogens (tertiary/aromatic N) is 1. The molecule has 1 aliphatic rings.